The Hall–Kier alpha value is -1.06. The van der Waals surface area contributed by atoms with Crippen LogP contribution in [0, 0.1) is 0 Å². The number of rotatable bonds is 6. The Balaban J connectivity index is 2.07. The summed E-state index contributed by atoms with van der Waals surface area (Å²) >= 11 is 0. The van der Waals surface area contributed by atoms with Gasteiger partial charge in [-0.05, 0) is 38.1 Å². The summed E-state index contributed by atoms with van der Waals surface area (Å²) in [6.07, 6.45) is 0.221. The van der Waals surface area contributed by atoms with Crippen molar-refractivity contribution in [2.24, 2.45) is 0 Å². The lowest BCUT2D eigenvalue weighted by molar-refractivity contribution is -0.0588. The number of hydrogen-bond acceptors (Lipinski definition) is 3. The summed E-state index contributed by atoms with van der Waals surface area (Å²) in [5.41, 5.74) is 1.50. The van der Waals surface area contributed by atoms with E-state index in [1.807, 2.05) is 13.8 Å². The molecule has 1 N–H and O–H groups in total. The van der Waals surface area contributed by atoms with Gasteiger partial charge in [-0.2, -0.15) is 0 Å². The Morgan fingerprint density at radius 1 is 1.28 bits per heavy atom. The number of hydrogen-bond donors (Lipinski definition) is 1. The molecule has 1 aromatic carbocycles. The van der Waals surface area contributed by atoms with E-state index in [0.717, 1.165) is 32.1 Å². The highest BCUT2D eigenvalue weighted by molar-refractivity contribution is 5.34. The van der Waals surface area contributed by atoms with Crippen LogP contribution >= 0.6 is 0 Å². The highest BCUT2D eigenvalue weighted by Gasteiger charge is 2.39. The normalized spacial score (nSPS) is 17.6. The van der Waals surface area contributed by atoms with E-state index in [1.54, 1.807) is 0 Å². The average molecular weight is 249 g/mol. The first-order valence-corrected chi connectivity index (χ1v) is 6.72. The Morgan fingerprint density at radius 2 is 1.94 bits per heavy atom. The van der Waals surface area contributed by atoms with Crippen LogP contribution < -0.4 is 10.1 Å². The Kier molecular flexibility index (Phi) is 4.25. The van der Waals surface area contributed by atoms with Crippen molar-refractivity contribution >= 4 is 0 Å². The second-order valence-corrected chi connectivity index (χ2v) is 5.24. The van der Waals surface area contributed by atoms with Crippen LogP contribution in [-0.2, 0) is 10.2 Å². The molecule has 0 aromatic heterocycles. The van der Waals surface area contributed by atoms with E-state index in [0.29, 0.717) is 0 Å². The van der Waals surface area contributed by atoms with E-state index >= 15 is 0 Å². The van der Waals surface area contributed by atoms with Gasteiger partial charge in [0.25, 0.3) is 0 Å². The van der Waals surface area contributed by atoms with Crippen molar-refractivity contribution in [1.29, 1.82) is 0 Å². The first-order chi connectivity index (χ1) is 8.66. The molecule has 3 nitrogen and oxygen atoms in total. The number of likely N-dealkylation sites (N-methyl/N-ethyl adjacent to an activating group) is 1. The first kappa shape index (κ1) is 13.4. The van der Waals surface area contributed by atoms with Crippen LogP contribution in [0.5, 0.6) is 5.75 Å². The molecule has 100 valence electrons. The van der Waals surface area contributed by atoms with Crippen molar-refractivity contribution in [1.82, 2.24) is 5.32 Å². The molecule has 0 aliphatic carbocycles. The van der Waals surface area contributed by atoms with Crippen LogP contribution in [0.25, 0.3) is 0 Å². The highest BCUT2D eigenvalue weighted by Crippen LogP contribution is 2.32. The van der Waals surface area contributed by atoms with Gasteiger partial charge < -0.3 is 14.8 Å². The smallest absolute Gasteiger partial charge is 0.119 e. The topological polar surface area (TPSA) is 30.5 Å². The molecule has 1 heterocycles. The van der Waals surface area contributed by atoms with Gasteiger partial charge in [-0.15, -0.1) is 0 Å². The molecule has 0 radical (unpaired) electrons. The summed E-state index contributed by atoms with van der Waals surface area (Å²) in [4.78, 5) is 0. The summed E-state index contributed by atoms with van der Waals surface area (Å²) in [5.74, 6) is 0.938. The van der Waals surface area contributed by atoms with Crippen LogP contribution in [0.4, 0.5) is 0 Å². The van der Waals surface area contributed by atoms with E-state index in [4.69, 9.17) is 9.47 Å². The van der Waals surface area contributed by atoms with Crippen LogP contribution in [0.3, 0.4) is 0 Å². The molecule has 1 aliphatic heterocycles. The monoisotopic (exact) mass is 249 g/mol. The second kappa shape index (κ2) is 5.72. The van der Waals surface area contributed by atoms with Crippen LogP contribution in [0.2, 0.25) is 0 Å². The Labute approximate surface area is 109 Å². The lowest BCUT2D eigenvalue weighted by Crippen LogP contribution is -2.53. The Morgan fingerprint density at radius 3 is 2.39 bits per heavy atom. The third kappa shape index (κ3) is 2.85. The maximum Gasteiger partial charge on any atom is 0.119 e. The van der Waals surface area contributed by atoms with Crippen molar-refractivity contribution in [3.05, 3.63) is 29.8 Å². The molecule has 2 rings (SSSR count). The van der Waals surface area contributed by atoms with Gasteiger partial charge >= 0.3 is 0 Å². The zero-order valence-electron chi connectivity index (χ0n) is 11.5. The molecule has 1 aromatic rings. The number of benzene rings is 1. The molecule has 0 amide bonds. The molecule has 3 heteroatoms. The van der Waals surface area contributed by atoms with E-state index in [2.05, 4.69) is 36.5 Å². The Bertz CT molecular complexity index is 369. The van der Waals surface area contributed by atoms with Gasteiger partial charge in [-0.1, -0.05) is 19.1 Å². The molecular weight excluding hydrogens is 226 g/mol. The molecule has 0 unspecified atom stereocenters. The SMILES string of the molecule is CCNCC1(c2ccc(OC(C)C)cc2)COC1. The molecule has 18 heavy (non-hydrogen) atoms. The van der Waals surface area contributed by atoms with Gasteiger partial charge in [0.05, 0.1) is 24.7 Å². The maximum absolute atomic E-state index is 5.67. The van der Waals surface area contributed by atoms with E-state index in [1.165, 1.54) is 5.56 Å². The van der Waals surface area contributed by atoms with Gasteiger partial charge in [0.15, 0.2) is 0 Å². The fraction of sp³-hybridized carbons (Fsp3) is 0.600. The average Bonchev–Trinajstić information content (AvgIpc) is 2.29. The minimum atomic E-state index is 0.159. The first-order valence-electron chi connectivity index (χ1n) is 6.72. The molecule has 1 saturated heterocycles. The summed E-state index contributed by atoms with van der Waals surface area (Å²) < 4.78 is 11.1. The van der Waals surface area contributed by atoms with Gasteiger partial charge in [0.1, 0.15) is 5.75 Å². The maximum atomic E-state index is 5.67. The van der Waals surface area contributed by atoms with Gasteiger partial charge in [0.2, 0.25) is 0 Å². The summed E-state index contributed by atoms with van der Waals surface area (Å²) in [5, 5.41) is 3.43. The van der Waals surface area contributed by atoms with Crippen LogP contribution in [0.15, 0.2) is 24.3 Å². The highest BCUT2D eigenvalue weighted by atomic mass is 16.5. The summed E-state index contributed by atoms with van der Waals surface area (Å²) in [6.45, 7) is 9.81. The third-order valence-corrected chi connectivity index (χ3v) is 3.31. The molecule has 0 atom stereocenters. The zero-order chi connectivity index (χ0) is 13.0. The lowest BCUT2D eigenvalue weighted by atomic mass is 9.78. The zero-order valence-corrected chi connectivity index (χ0v) is 11.5. The van der Waals surface area contributed by atoms with E-state index < -0.39 is 0 Å². The van der Waals surface area contributed by atoms with Gasteiger partial charge in [0, 0.05) is 6.54 Å². The molecular formula is C15H23NO2. The lowest BCUT2D eigenvalue weighted by Gasteiger charge is -2.42. The predicted molar refractivity (Wildman–Crippen MR) is 73.2 cm³/mol. The van der Waals surface area contributed by atoms with Gasteiger partial charge in [-0.25, -0.2) is 0 Å². The fourth-order valence-electron chi connectivity index (χ4n) is 2.24. The minimum absolute atomic E-state index is 0.159. The fourth-order valence-corrected chi connectivity index (χ4v) is 2.24. The van der Waals surface area contributed by atoms with E-state index in [-0.39, 0.29) is 11.5 Å². The van der Waals surface area contributed by atoms with Crippen LogP contribution in [0.1, 0.15) is 26.3 Å². The molecule has 1 aliphatic rings. The van der Waals surface area contributed by atoms with Crippen molar-refractivity contribution in [2.45, 2.75) is 32.3 Å². The van der Waals surface area contributed by atoms with E-state index in [9.17, 15) is 0 Å². The number of ether oxygens (including phenoxy) is 2. The summed E-state index contributed by atoms with van der Waals surface area (Å²) in [7, 11) is 0. The summed E-state index contributed by atoms with van der Waals surface area (Å²) in [6, 6.07) is 8.44. The quantitative estimate of drug-likeness (QED) is 0.839. The standard InChI is InChI=1S/C15H23NO2/c1-4-16-9-15(10-17-11-15)13-5-7-14(8-6-13)18-12(2)3/h5-8,12,16H,4,9-11H2,1-3H3. The van der Waals surface area contributed by atoms with Crippen molar-refractivity contribution < 1.29 is 9.47 Å². The predicted octanol–water partition coefficient (Wildman–Crippen LogP) is 2.35. The third-order valence-electron chi connectivity index (χ3n) is 3.31. The molecule has 0 saturated carbocycles. The largest absolute Gasteiger partial charge is 0.491 e. The van der Waals surface area contributed by atoms with Crippen molar-refractivity contribution in [2.75, 3.05) is 26.3 Å². The second-order valence-electron chi connectivity index (χ2n) is 5.24. The molecule has 1 fully saturated rings. The van der Waals surface area contributed by atoms with Crippen molar-refractivity contribution in [3.8, 4) is 5.75 Å². The molecule has 0 bridgehead atoms. The minimum Gasteiger partial charge on any atom is -0.491 e. The van der Waals surface area contributed by atoms with Crippen LogP contribution in [-0.4, -0.2) is 32.4 Å². The van der Waals surface area contributed by atoms with Crippen molar-refractivity contribution in [3.63, 3.8) is 0 Å². The van der Waals surface area contributed by atoms with Gasteiger partial charge in [-0.3, -0.25) is 0 Å². The molecule has 0 spiro atoms. The number of nitrogens with one attached hydrogen (secondary N) is 1.